The number of rotatable bonds is 10. The second-order valence-electron chi connectivity index (χ2n) is 8.68. The van der Waals surface area contributed by atoms with Crippen LogP contribution in [0.4, 0.5) is 11.5 Å². The minimum atomic E-state index is -0.613. The highest BCUT2D eigenvalue weighted by atomic mass is 16.5. The molecule has 0 saturated heterocycles. The van der Waals surface area contributed by atoms with E-state index in [2.05, 4.69) is 4.98 Å². The van der Waals surface area contributed by atoms with E-state index < -0.39 is 11.2 Å². The van der Waals surface area contributed by atoms with Crippen LogP contribution in [-0.4, -0.2) is 47.1 Å². The number of nitrogens with one attached hydrogen (secondary N) is 1. The van der Waals surface area contributed by atoms with E-state index >= 15 is 0 Å². The predicted octanol–water partition coefficient (Wildman–Crippen LogP) is 2.34. The number of ether oxygens (including phenoxy) is 1. The number of nitrogens with two attached hydrogens (primary N) is 1. The second kappa shape index (κ2) is 11.2. The quantitative estimate of drug-likeness (QED) is 0.566. The van der Waals surface area contributed by atoms with Gasteiger partial charge in [0.05, 0.1) is 13.7 Å². The topological polar surface area (TPSA) is 114 Å². The fourth-order valence-corrected chi connectivity index (χ4v) is 4.51. The SMILES string of the molecule is CCCCn1c(N)c(N(C(=O)CN(C)Cc2ccccc2OC)C2CCCC2)c(=O)[nH]c1=O. The zero-order valence-corrected chi connectivity index (χ0v) is 19.8. The molecule has 0 atom stereocenters. The van der Waals surface area contributed by atoms with Gasteiger partial charge < -0.3 is 15.4 Å². The zero-order chi connectivity index (χ0) is 24.0. The van der Waals surface area contributed by atoms with E-state index in [0.717, 1.165) is 49.8 Å². The molecular formula is C24H35N5O4. The van der Waals surface area contributed by atoms with Crippen molar-refractivity contribution >= 4 is 17.4 Å². The number of carbonyl (C=O) groups is 1. The third-order valence-corrected chi connectivity index (χ3v) is 6.19. The van der Waals surface area contributed by atoms with Crippen LogP contribution in [-0.2, 0) is 17.9 Å². The molecule has 3 rings (SSSR count). The fraction of sp³-hybridized carbons (Fsp3) is 0.542. The summed E-state index contributed by atoms with van der Waals surface area (Å²) in [6.45, 7) is 3.02. The Morgan fingerprint density at radius 3 is 2.61 bits per heavy atom. The molecule has 0 aliphatic heterocycles. The summed E-state index contributed by atoms with van der Waals surface area (Å²) in [5.74, 6) is 0.607. The number of likely N-dealkylation sites (N-methyl/N-ethyl adjacent to an activating group) is 1. The molecule has 1 aromatic heterocycles. The van der Waals surface area contributed by atoms with Gasteiger partial charge in [0.2, 0.25) is 5.91 Å². The zero-order valence-electron chi connectivity index (χ0n) is 19.8. The second-order valence-corrected chi connectivity index (χ2v) is 8.68. The van der Waals surface area contributed by atoms with Gasteiger partial charge in [0.15, 0.2) is 5.69 Å². The van der Waals surface area contributed by atoms with E-state index in [1.54, 1.807) is 12.0 Å². The maximum atomic E-state index is 13.6. The fourth-order valence-electron chi connectivity index (χ4n) is 4.51. The number of hydrogen-bond donors (Lipinski definition) is 2. The first-order chi connectivity index (χ1) is 15.9. The number of nitrogen functional groups attached to an aromatic ring is 1. The van der Waals surface area contributed by atoms with E-state index in [1.807, 2.05) is 43.1 Å². The van der Waals surface area contributed by atoms with Crippen molar-refractivity contribution in [3.05, 3.63) is 50.7 Å². The molecular weight excluding hydrogens is 422 g/mol. The molecule has 1 aromatic carbocycles. The van der Waals surface area contributed by atoms with E-state index in [-0.39, 0.29) is 30.0 Å². The number of benzene rings is 1. The highest BCUT2D eigenvalue weighted by Crippen LogP contribution is 2.29. The van der Waals surface area contributed by atoms with Crippen LogP contribution >= 0.6 is 0 Å². The number of anilines is 2. The molecule has 3 N–H and O–H groups in total. The maximum Gasteiger partial charge on any atom is 0.330 e. The summed E-state index contributed by atoms with van der Waals surface area (Å²) in [5, 5.41) is 0. The summed E-state index contributed by atoms with van der Waals surface area (Å²) in [6, 6.07) is 7.56. The number of aromatic nitrogens is 2. The van der Waals surface area contributed by atoms with Crippen molar-refractivity contribution in [2.75, 3.05) is 31.3 Å². The minimum absolute atomic E-state index is 0.0600. The van der Waals surface area contributed by atoms with Gasteiger partial charge in [0.1, 0.15) is 11.6 Å². The Morgan fingerprint density at radius 1 is 1.24 bits per heavy atom. The highest BCUT2D eigenvalue weighted by Gasteiger charge is 2.33. The van der Waals surface area contributed by atoms with Gasteiger partial charge in [-0.05, 0) is 32.4 Å². The number of H-pyrrole nitrogens is 1. The van der Waals surface area contributed by atoms with Gasteiger partial charge in [0.25, 0.3) is 5.56 Å². The Bertz CT molecular complexity index is 1070. The van der Waals surface area contributed by atoms with Crippen LogP contribution in [0, 0.1) is 0 Å². The van der Waals surface area contributed by atoms with E-state index in [0.29, 0.717) is 13.1 Å². The largest absolute Gasteiger partial charge is 0.496 e. The molecule has 1 aliphatic carbocycles. The molecule has 1 amide bonds. The summed E-state index contributed by atoms with van der Waals surface area (Å²) < 4.78 is 6.79. The standard InChI is InChI=1S/C24H35N5O4/c1-4-5-14-28-22(25)21(23(31)26-24(28)32)29(18-11-7-8-12-18)20(30)16-27(2)15-17-10-6-9-13-19(17)33-3/h6,9-10,13,18H,4-5,7-8,11-12,14-16,25H2,1-3H3,(H,26,31,32). The van der Waals surface area contributed by atoms with Gasteiger partial charge in [-0.1, -0.05) is 44.4 Å². The molecule has 1 heterocycles. The molecule has 0 unspecified atom stereocenters. The molecule has 9 heteroatoms. The highest BCUT2D eigenvalue weighted by molar-refractivity contribution is 5.97. The lowest BCUT2D eigenvalue weighted by atomic mass is 10.1. The van der Waals surface area contributed by atoms with Crippen molar-refractivity contribution < 1.29 is 9.53 Å². The number of amides is 1. The van der Waals surface area contributed by atoms with E-state index in [9.17, 15) is 14.4 Å². The molecule has 1 saturated carbocycles. The molecule has 1 fully saturated rings. The smallest absolute Gasteiger partial charge is 0.330 e. The average Bonchev–Trinajstić information content (AvgIpc) is 3.30. The van der Waals surface area contributed by atoms with Crippen LogP contribution in [0.3, 0.4) is 0 Å². The lowest BCUT2D eigenvalue weighted by Gasteiger charge is -2.31. The summed E-state index contributed by atoms with van der Waals surface area (Å²) in [5.41, 5.74) is 6.25. The first kappa shape index (κ1) is 24.6. The Balaban J connectivity index is 1.91. The van der Waals surface area contributed by atoms with Crippen LogP contribution in [0.25, 0.3) is 0 Å². The number of para-hydroxylation sites is 1. The van der Waals surface area contributed by atoms with Gasteiger partial charge >= 0.3 is 5.69 Å². The Hall–Kier alpha value is -3.07. The van der Waals surface area contributed by atoms with Crippen molar-refractivity contribution in [1.29, 1.82) is 0 Å². The van der Waals surface area contributed by atoms with Gasteiger partial charge in [-0.15, -0.1) is 0 Å². The lowest BCUT2D eigenvalue weighted by molar-refractivity contribution is -0.120. The normalized spacial score (nSPS) is 14.1. The lowest BCUT2D eigenvalue weighted by Crippen LogP contribution is -2.48. The van der Waals surface area contributed by atoms with E-state index in [1.165, 1.54) is 4.57 Å². The summed E-state index contributed by atoms with van der Waals surface area (Å²) in [6.07, 6.45) is 5.19. The summed E-state index contributed by atoms with van der Waals surface area (Å²) in [7, 11) is 3.47. The van der Waals surface area contributed by atoms with Crippen molar-refractivity contribution in [3.8, 4) is 5.75 Å². The molecule has 0 radical (unpaired) electrons. The van der Waals surface area contributed by atoms with Crippen LogP contribution in [0.2, 0.25) is 0 Å². The molecule has 0 spiro atoms. The van der Waals surface area contributed by atoms with Gasteiger partial charge in [0, 0.05) is 24.7 Å². The molecule has 9 nitrogen and oxygen atoms in total. The maximum absolute atomic E-state index is 13.6. The van der Waals surface area contributed by atoms with E-state index in [4.69, 9.17) is 10.5 Å². The van der Waals surface area contributed by atoms with Crippen molar-refractivity contribution in [3.63, 3.8) is 0 Å². The Kier molecular flexibility index (Phi) is 8.32. The van der Waals surface area contributed by atoms with Crippen LogP contribution in [0.1, 0.15) is 51.0 Å². The number of aromatic amines is 1. The summed E-state index contributed by atoms with van der Waals surface area (Å²) >= 11 is 0. The van der Waals surface area contributed by atoms with Gasteiger partial charge in [-0.3, -0.25) is 24.0 Å². The number of carbonyl (C=O) groups excluding carboxylic acids is 1. The van der Waals surface area contributed by atoms with Crippen LogP contribution in [0.5, 0.6) is 5.75 Å². The molecule has 180 valence electrons. The number of methoxy groups -OCH3 is 1. The predicted molar refractivity (Wildman–Crippen MR) is 130 cm³/mol. The van der Waals surface area contributed by atoms with Gasteiger partial charge in [-0.2, -0.15) is 0 Å². The van der Waals surface area contributed by atoms with Crippen LogP contribution < -0.4 is 26.6 Å². The number of hydrogen-bond acceptors (Lipinski definition) is 6. The first-order valence-corrected chi connectivity index (χ1v) is 11.6. The molecule has 1 aliphatic rings. The van der Waals surface area contributed by atoms with Gasteiger partial charge in [-0.25, -0.2) is 4.79 Å². The minimum Gasteiger partial charge on any atom is -0.496 e. The first-order valence-electron chi connectivity index (χ1n) is 11.6. The number of nitrogens with zero attached hydrogens (tertiary/aromatic N) is 3. The average molecular weight is 458 g/mol. The van der Waals surface area contributed by atoms with Crippen molar-refractivity contribution in [2.45, 2.75) is 64.6 Å². The Morgan fingerprint density at radius 2 is 1.94 bits per heavy atom. The summed E-state index contributed by atoms with van der Waals surface area (Å²) in [4.78, 5) is 44.6. The molecule has 33 heavy (non-hydrogen) atoms. The number of unbranched alkanes of at least 4 members (excludes halogenated alkanes) is 1. The third kappa shape index (κ3) is 5.65. The van der Waals surface area contributed by atoms with Crippen molar-refractivity contribution in [1.82, 2.24) is 14.5 Å². The molecule has 2 aromatic rings. The van der Waals surface area contributed by atoms with Crippen molar-refractivity contribution in [2.24, 2.45) is 0 Å². The Labute approximate surface area is 194 Å². The van der Waals surface area contributed by atoms with Crippen LogP contribution in [0.15, 0.2) is 33.9 Å². The molecule has 0 bridgehead atoms. The monoisotopic (exact) mass is 457 g/mol. The third-order valence-electron chi connectivity index (χ3n) is 6.19.